The van der Waals surface area contributed by atoms with Gasteiger partial charge in [0.05, 0.1) is 7.11 Å². The Morgan fingerprint density at radius 2 is 2.11 bits per heavy atom. The molecule has 0 amide bonds. The molecule has 94 valence electrons. The molecule has 0 saturated carbocycles. The summed E-state index contributed by atoms with van der Waals surface area (Å²) >= 11 is 0. The molecule has 1 aromatic carbocycles. The first-order chi connectivity index (χ1) is 8.61. The number of fused-ring (bicyclic) bond motifs is 1. The predicted octanol–water partition coefficient (Wildman–Crippen LogP) is 1.51. The Hall–Kier alpha value is -2.14. The van der Waals surface area contributed by atoms with Crippen molar-refractivity contribution in [3.8, 4) is 0 Å². The number of ether oxygens (including phenoxy) is 1. The number of Topliss-reactive ketones (excluding diaryl/α,β-unsaturated/α-hetero) is 1. The second-order valence-corrected chi connectivity index (χ2v) is 3.91. The van der Waals surface area contributed by atoms with E-state index >= 15 is 0 Å². The molecule has 1 unspecified atom stereocenters. The van der Waals surface area contributed by atoms with Gasteiger partial charge >= 0.3 is 5.97 Å². The molecule has 2 N–H and O–H groups in total. The van der Waals surface area contributed by atoms with Gasteiger partial charge in [-0.15, -0.1) is 0 Å². The van der Waals surface area contributed by atoms with Crippen molar-refractivity contribution in [2.24, 2.45) is 5.73 Å². The molecule has 0 aliphatic heterocycles. The molecule has 2 rings (SSSR count). The SMILES string of the molecule is COC(=O)C(N)CC(=O)c1cc2ccccc2o1. The maximum absolute atomic E-state index is 11.9. The first-order valence-electron chi connectivity index (χ1n) is 5.47. The zero-order valence-corrected chi connectivity index (χ0v) is 9.88. The summed E-state index contributed by atoms with van der Waals surface area (Å²) in [7, 11) is 1.23. The summed E-state index contributed by atoms with van der Waals surface area (Å²) in [6.07, 6.45) is -0.132. The van der Waals surface area contributed by atoms with Gasteiger partial charge < -0.3 is 14.9 Å². The molecule has 0 saturated heterocycles. The van der Waals surface area contributed by atoms with Gasteiger partial charge in [0, 0.05) is 11.8 Å². The molecule has 18 heavy (non-hydrogen) atoms. The van der Waals surface area contributed by atoms with E-state index in [0.29, 0.717) is 5.58 Å². The maximum Gasteiger partial charge on any atom is 0.323 e. The first-order valence-corrected chi connectivity index (χ1v) is 5.47. The zero-order valence-electron chi connectivity index (χ0n) is 9.88. The minimum atomic E-state index is -0.962. The van der Waals surface area contributed by atoms with Crippen LogP contribution in [0.2, 0.25) is 0 Å². The summed E-state index contributed by atoms with van der Waals surface area (Å²) in [5, 5.41) is 0.840. The van der Waals surface area contributed by atoms with Gasteiger partial charge in [0.2, 0.25) is 0 Å². The monoisotopic (exact) mass is 247 g/mol. The lowest BCUT2D eigenvalue weighted by Gasteiger charge is -2.06. The molecule has 1 heterocycles. The number of carbonyl (C=O) groups excluding carboxylic acids is 2. The normalized spacial score (nSPS) is 12.3. The van der Waals surface area contributed by atoms with Gasteiger partial charge in [0.1, 0.15) is 11.6 Å². The summed E-state index contributed by atoms with van der Waals surface area (Å²) < 4.78 is 9.85. The third-order valence-corrected chi connectivity index (χ3v) is 2.61. The fourth-order valence-electron chi connectivity index (χ4n) is 1.65. The smallest absolute Gasteiger partial charge is 0.323 e. The Morgan fingerprint density at radius 1 is 1.39 bits per heavy atom. The fourth-order valence-corrected chi connectivity index (χ4v) is 1.65. The topological polar surface area (TPSA) is 82.5 Å². The Labute approximate surface area is 104 Å². The predicted molar refractivity (Wildman–Crippen MR) is 65.2 cm³/mol. The average Bonchev–Trinajstić information content (AvgIpc) is 2.81. The molecule has 5 nitrogen and oxygen atoms in total. The number of hydrogen-bond acceptors (Lipinski definition) is 5. The first kappa shape index (κ1) is 12.3. The highest BCUT2D eigenvalue weighted by Crippen LogP contribution is 2.20. The summed E-state index contributed by atoms with van der Waals surface area (Å²) in [5.74, 6) is -0.723. The van der Waals surface area contributed by atoms with Crippen LogP contribution in [0.15, 0.2) is 34.7 Å². The molecule has 0 spiro atoms. The van der Waals surface area contributed by atoms with E-state index < -0.39 is 12.0 Å². The van der Waals surface area contributed by atoms with Crippen molar-refractivity contribution >= 4 is 22.7 Å². The Morgan fingerprint density at radius 3 is 2.78 bits per heavy atom. The number of benzene rings is 1. The lowest BCUT2D eigenvalue weighted by molar-refractivity contribution is -0.142. The number of nitrogens with two attached hydrogens (primary N) is 1. The fraction of sp³-hybridized carbons (Fsp3) is 0.231. The van der Waals surface area contributed by atoms with Crippen LogP contribution >= 0.6 is 0 Å². The van der Waals surface area contributed by atoms with Gasteiger partial charge in [-0.3, -0.25) is 9.59 Å². The van der Waals surface area contributed by atoms with Crippen LogP contribution in [0.3, 0.4) is 0 Å². The second kappa shape index (κ2) is 5.01. The van der Waals surface area contributed by atoms with Crippen molar-refractivity contribution in [2.75, 3.05) is 7.11 Å². The minimum absolute atomic E-state index is 0.132. The van der Waals surface area contributed by atoms with Crippen molar-refractivity contribution in [1.29, 1.82) is 0 Å². The lowest BCUT2D eigenvalue weighted by Crippen LogP contribution is -2.33. The van der Waals surface area contributed by atoms with Gasteiger partial charge in [-0.25, -0.2) is 0 Å². The average molecular weight is 247 g/mol. The van der Waals surface area contributed by atoms with Crippen LogP contribution in [0.4, 0.5) is 0 Å². The number of methoxy groups -OCH3 is 1. The number of hydrogen-bond donors (Lipinski definition) is 1. The van der Waals surface area contributed by atoms with E-state index in [-0.39, 0.29) is 18.0 Å². The summed E-state index contributed by atoms with van der Waals surface area (Å²) in [6, 6.07) is 7.96. The van der Waals surface area contributed by atoms with E-state index in [0.717, 1.165) is 5.39 Å². The van der Waals surface area contributed by atoms with E-state index in [1.807, 2.05) is 18.2 Å². The van der Waals surface area contributed by atoms with Gasteiger partial charge in [-0.2, -0.15) is 0 Å². The molecule has 0 aliphatic carbocycles. The molecule has 5 heteroatoms. The standard InChI is InChI=1S/C13H13NO4/c1-17-13(16)9(14)7-10(15)12-6-8-4-2-3-5-11(8)18-12/h2-6,9H,7,14H2,1H3. The van der Waals surface area contributed by atoms with Gasteiger partial charge in [0.15, 0.2) is 11.5 Å². The quantitative estimate of drug-likeness (QED) is 0.654. The van der Waals surface area contributed by atoms with Crippen molar-refractivity contribution in [2.45, 2.75) is 12.5 Å². The van der Waals surface area contributed by atoms with E-state index in [1.165, 1.54) is 7.11 Å². The molecular formula is C13H13NO4. The molecular weight excluding hydrogens is 234 g/mol. The van der Waals surface area contributed by atoms with Crippen molar-refractivity contribution in [3.05, 3.63) is 36.1 Å². The number of esters is 1. The van der Waals surface area contributed by atoms with Crippen LogP contribution in [0.5, 0.6) is 0 Å². The molecule has 0 aliphatic rings. The molecule has 2 aromatic rings. The third-order valence-electron chi connectivity index (χ3n) is 2.61. The van der Waals surface area contributed by atoms with Gasteiger partial charge in [0.25, 0.3) is 0 Å². The Kier molecular flexibility index (Phi) is 3.43. The molecule has 0 radical (unpaired) electrons. The van der Waals surface area contributed by atoms with Crippen LogP contribution in [-0.2, 0) is 9.53 Å². The maximum atomic E-state index is 11.9. The minimum Gasteiger partial charge on any atom is -0.468 e. The molecule has 1 aromatic heterocycles. The van der Waals surface area contributed by atoms with E-state index in [2.05, 4.69) is 4.74 Å². The molecule has 0 bridgehead atoms. The number of ketones is 1. The van der Waals surface area contributed by atoms with Crippen LogP contribution in [0.25, 0.3) is 11.0 Å². The van der Waals surface area contributed by atoms with Crippen LogP contribution < -0.4 is 5.73 Å². The zero-order chi connectivity index (χ0) is 13.1. The summed E-state index contributed by atoms with van der Waals surface area (Å²) in [5.41, 5.74) is 6.16. The van der Waals surface area contributed by atoms with Crippen LogP contribution in [0.1, 0.15) is 17.0 Å². The summed E-state index contributed by atoms with van der Waals surface area (Å²) in [6.45, 7) is 0. The van der Waals surface area contributed by atoms with Crippen LogP contribution in [0, 0.1) is 0 Å². The number of rotatable bonds is 4. The highest BCUT2D eigenvalue weighted by atomic mass is 16.5. The van der Waals surface area contributed by atoms with E-state index in [1.54, 1.807) is 12.1 Å². The second-order valence-electron chi connectivity index (χ2n) is 3.91. The van der Waals surface area contributed by atoms with Crippen molar-refractivity contribution < 1.29 is 18.7 Å². The largest absolute Gasteiger partial charge is 0.468 e. The molecule has 1 atom stereocenters. The number of carbonyl (C=O) groups is 2. The number of furan rings is 1. The van der Waals surface area contributed by atoms with Gasteiger partial charge in [-0.1, -0.05) is 18.2 Å². The third kappa shape index (κ3) is 2.41. The van der Waals surface area contributed by atoms with Crippen molar-refractivity contribution in [1.82, 2.24) is 0 Å². The van der Waals surface area contributed by atoms with E-state index in [4.69, 9.17) is 10.2 Å². The highest BCUT2D eigenvalue weighted by Gasteiger charge is 2.21. The highest BCUT2D eigenvalue weighted by molar-refractivity contribution is 5.99. The van der Waals surface area contributed by atoms with Crippen molar-refractivity contribution in [3.63, 3.8) is 0 Å². The Bertz CT molecular complexity index is 554. The number of para-hydroxylation sites is 1. The molecule has 0 fully saturated rings. The Balaban J connectivity index is 2.16. The lowest BCUT2D eigenvalue weighted by atomic mass is 10.1. The summed E-state index contributed by atoms with van der Waals surface area (Å²) in [4.78, 5) is 23.0. The van der Waals surface area contributed by atoms with E-state index in [9.17, 15) is 9.59 Å². The van der Waals surface area contributed by atoms with Gasteiger partial charge in [-0.05, 0) is 12.1 Å². The van der Waals surface area contributed by atoms with Crippen LogP contribution in [-0.4, -0.2) is 24.9 Å².